The molecule has 0 saturated carbocycles. The lowest BCUT2D eigenvalue weighted by molar-refractivity contribution is 0.170. The van der Waals surface area contributed by atoms with Crippen molar-refractivity contribution in [3.63, 3.8) is 0 Å². The van der Waals surface area contributed by atoms with Crippen LogP contribution in [-0.4, -0.2) is 45.8 Å². The minimum atomic E-state index is -4.68. The number of anilines is 1. The number of likely N-dealkylation sites (tertiary alicyclic amines) is 1. The van der Waals surface area contributed by atoms with E-state index in [9.17, 15) is 17.2 Å². The minimum absolute atomic E-state index is 0.0106. The first-order valence-electron chi connectivity index (χ1n) is 9.66. The predicted octanol–water partition coefficient (Wildman–Crippen LogP) is 4.33. The van der Waals surface area contributed by atoms with Crippen molar-refractivity contribution in [1.29, 1.82) is 0 Å². The molecule has 0 aromatic heterocycles. The van der Waals surface area contributed by atoms with Gasteiger partial charge in [-0.15, -0.1) is 0 Å². The summed E-state index contributed by atoms with van der Waals surface area (Å²) in [5, 5.41) is 3.11. The molecule has 1 aliphatic rings. The second-order valence-corrected chi connectivity index (χ2v) is 8.95. The van der Waals surface area contributed by atoms with E-state index in [4.69, 9.17) is 4.74 Å². The lowest BCUT2D eigenvalue weighted by atomic mass is 10.0. The Hall–Kier alpha value is -2.19. The van der Waals surface area contributed by atoms with Gasteiger partial charge < -0.3 is 10.1 Å². The van der Waals surface area contributed by atoms with Crippen LogP contribution in [-0.2, 0) is 9.84 Å². The number of hydrogen-bond donors (Lipinski definition) is 1. The van der Waals surface area contributed by atoms with Crippen LogP contribution < -0.4 is 10.1 Å². The van der Waals surface area contributed by atoms with Gasteiger partial charge in [-0.1, -0.05) is 30.7 Å². The van der Waals surface area contributed by atoms with Crippen LogP contribution in [0.2, 0.25) is 0 Å². The van der Waals surface area contributed by atoms with Crippen LogP contribution in [0.1, 0.15) is 30.9 Å². The highest BCUT2D eigenvalue weighted by Crippen LogP contribution is 2.30. The Morgan fingerprint density at radius 2 is 1.69 bits per heavy atom. The van der Waals surface area contributed by atoms with Crippen molar-refractivity contribution >= 4 is 15.5 Å². The molecular formula is C21H26F2N2O3S. The summed E-state index contributed by atoms with van der Waals surface area (Å²) in [6.07, 6.45) is 3.39. The van der Waals surface area contributed by atoms with Gasteiger partial charge in [-0.2, -0.15) is 8.78 Å². The Kier molecular flexibility index (Phi) is 7.08. The summed E-state index contributed by atoms with van der Waals surface area (Å²) >= 11 is 0. The quantitative estimate of drug-likeness (QED) is 0.684. The third-order valence-corrected chi connectivity index (χ3v) is 6.68. The van der Waals surface area contributed by atoms with E-state index < -0.39 is 15.6 Å². The van der Waals surface area contributed by atoms with E-state index in [0.717, 1.165) is 37.2 Å². The molecule has 3 rings (SSSR count). The van der Waals surface area contributed by atoms with E-state index in [1.54, 1.807) is 13.2 Å². The molecule has 1 saturated heterocycles. The Balaban J connectivity index is 1.85. The van der Waals surface area contributed by atoms with E-state index >= 15 is 0 Å². The van der Waals surface area contributed by atoms with Crippen molar-refractivity contribution in [2.75, 3.05) is 32.1 Å². The molecule has 29 heavy (non-hydrogen) atoms. The highest BCUT2D eigenvalue weighted by Gasteiger charge is 2.29. The average molecular weight is 425 g/mol. The van der Waals surface area contributed by atoms with Crippen LogP contribution in [0.4, 0.5) is 14.5 Å². The lowest BCUT2D eigenvalue weighted by Crippen LogP contribution is -2.37. The third kappa shape index (κ3) is 5.05. The zero-order valence-electron chi connectivity index (χ0n) is 16.4. The van der Waals surface area contributed by atoms with Crippen LogP contribution >= 0.6 is 0 Å². The molecule has 1 aliphatic heterocycles. The molecular weight excluding hydrogens is 398 g/mol. The number of benzene rings is 2. The van der Waals surface area contributed by atoms with Gasteiger partial charge in [-0.25, -0.2) is 8.42 Å². The van der Waals surface area contributed by atoms with Gasteiger partial charge in [0.05, 0.1) is 23.7 Å². The van der Waals surface area contributed by atoms with E-state index in [2.05, 4.69) is 10.2 Å². The zero-order chi connectivity index (χ0) is 20.9. The summed E-state index contributed by atoms with van der Waals surface area (Å²) < 4.78 is 55.4. The third-order valence-electron chi connectivity index (χ3n) is 5.25. The van der Waals surface area contributed by atoms with Gasteiger partial charge in [-0.3, -0.25) is 4.90 Å². The van der Waals surface area contributed by atoms with Crippen molar-refractivity contribution < 1.29 is 21.9 Å². The van der Waals surface area contributed by atoms with Crippen molar-refractivity contribution in [2.24, 2.45) is 0 Å². The number of para-hydroxylation sites is 1. The maximum absolute atomic E-state index is 13.1. The van der Waals surface area contributed by atoms with Gasteiger partial charge in [0.1, 0.15) is 5.75 Å². The first-order chi connectivity index (χ1) is 13.9. The standard InChI is InChI=1S/C21H26F2N2O3S/c1-28-17-11-9-16(10-12-17)19(25-13-5-2-6-14-25)15-24-18-7-3-4-8-20(18)29(26,27)21(22)23/h3-4,7-12,19,21,24H,2,5-6,13-15H2,1H3. The van der Waals surface area contributed by atoms with Crippen LogP contribution in [0, 0.1) is 0 Å². The fourth-order valence-corrected chi connectivity index (χ4v) is 4.58. The van der Waals surface area contributed by atoms with Gasteiger partial charge in [0, 0.05) is 6.54 Å². The molecule has 0 bridgehead atoms. The molecule has 8 heteroatoms. The van der Waals surface area contributed by atoms with Gasteiger partial charge in [-0.05, 0) is 55.8 Å². The molecule has 2 aromatic carbocycles. The number of ether oxygens (including phenoxy) is 1. The summed E-state index contributed by atoms with van der Waals surface area (Å²) in [6.45, 7) is 2.28. The van der Waals surface area contributed by atoms with Crippen LogP contribution in [0.25, 0.3) is 0 Å². The molecule has 0 aliphatic carbocycles. The van der Waals surface area contributed by atoms with E-state index in [-0.39, 0.29) is 16.6 Å². The van der Waals surface area contributed by atoms with Crippen molar-refractivity contribution in [1.82, 2.24) is 4.90 Å². The molecule has 158 valence electrons. The Labute approximate surface area is 170 Å². The van der Waals surface area contributed by atoms with Gasteiger partial charge in [0.2, 0.25) is 9.84 Å². The topological polar surface area (TPSA) is 58.6 Å². The van der Waals surface area contributed by atoms with E-state index in [1.807, 2.05) is 24.3 Å². The number of methoxy groups -OCH3 is 1. The van der Waals surface area contributed by atoms with Crippen LogP contribution in [0.3, 0.4) is 0 Å². The molecule has 1 N–H and O–H groups in total. The lowest BCUT2D eigenvalue weighted by Gasteiger charge is -2.35. The van der Waals surface area contributed by atoms with E-state index in [0.29, 0.717) is 6.54 Å². The second kappa shape index (κ2) is 9.54. The fraction of sp³-hybridized carbons (Fsp3) is 0.429. The van der Waals surface area contributed by atoms with Gasteiger partial charge >= 0.3 is 5.76 Å². The van der Waals surface area contributed by atoms with Crippen molar-refractivity contribution in [2.45, 2.75) is 36.0 Å². The maximum Gasteiger partial charge on any atom is 0.341 e. The molecule has 0 radical (unpaired) electrons. The fourth-order valence-electron chi connectivity index (χ4n) is 3.68. The number of hydrogen-bond acceptors (Lipinski definition) is 5. The van der Waals surface area contributed by atoms with Gasteiger partial charge in [0.15, 0.2) is 0 Å². The number of rotatable bonds is 8. The Bertz CT molecular complexity index is 898. The SMILES string of the molecule is COc1ccc(C(CNc2ccccc2S(=O)(=O)C(F)F)N2CCCCC2)cc1. The first-order valence-corrected chi connectivity index (χ1v) is 11.2. The molecule has 5 nitrogen and oxygen atoms in total. The zero-order valence-corrected chi connectivity index (χ0v) is 17.2. The minimum Gasteiger partial charge on any atom is -0.497 e. The number of halogens is 2. The summed E-state index contributed by atoms with van der Waals surface area (Å²) in [4.78, 5) is 1.98. The second-order valence-electron chi connectivity index (χ2n) is 7.07. The highest BCUT2D eigenvalue weighted by molar-refractivity contribution is 7.91. The molecule has 1 atom stereocenters. The van der Waals surface area contributed by atoms with Crippen LogP contribution in [0.15, 0.2) is 53.4 Å². The Morgan fingerprint density at radius 1 is 1.03 bits per heavy atom. The van der Waals surface area contributed by atoms with Gasteiger partial charge in [0.25, 0.3) is 0 Å². The average Bonchev–Trinajstić information content (AvgIpc) is 2.75. The Morgan fingerprint density at radius 3 is 2.31 bits per heavy atom. The maximum atomic E-state index is 13.1. The largest absolute Gasteiger partial charge is 0.497 e. The molecule has 1 unspecified atom stereocenters. The summed E-state index contributed by atoms with van der Waals surface area (Å²) in [6, 6.07) is 13.6. The predicted molar refractivity (Wildman–Crippen MR) is 109 cm³/mol. The van der Waals surface area contributed by atoms with Crippen LogP contribution in [0.5, 0.6) is 5.75 Å². The summed E-state index contributed by atoms with van der Waals surface area (Å²) in [7, 11) is -3.07. The normalized spacial score (nSPS) is 16.6. The molecule has 1 heterocycles. The monoisotopic (exact) mass is 424 g/mol. The number of piperidine rings is 1. The van der Waals surface area contributed by atoms with Crippen molar-refractivity contribution in [3.8, 4) is 5.75 Å². The number of nitrogens with one attached hydrogen (secondary N) is 1. The summed E-state index contributed by atoms with van der Waals surface area (Å²) in [5.41, 5.74) is 1.26. The summed E-state index contributed by atoms with van der Waals surface area (Å²) in [5.74, 6) is -2.70. The smallest absolute Gasteiger partial charge is 0.341 e. The van der Waals surface area contributed by atoms with Crippen molar-refractivity contribution in [3.05, 3.63) is 54.1 Å². The first kappa shape index (κ1) is 21.5. The molecule has 0 amide bonds. The highest BCUT2D eigenvalue weighted by atomic mass is 32.2. The number of nitrogens with zero attached hydrogens (tertiary/aromatic N) is 1. The molecule has 0 spiro atoms. The molecule has 2 aromatic rings. The molecule has 1 fully saturated rings. The number of alkyl halides is 2. The number of sulfone groups is 1. The van der Waals surface area contributed by atoms with E-state index in [1.165, 1.54) is 24.6 Å².